The Morgan fingerprint density at radius 2 is 0.867 bits per heavy atom. The SMILES string of the molecule is N#Cc1ccc(-c2ccc(-n3c4ccccc4c4c5oc6ccccc6c5ccc43)c(C#N)c2C#N)c(-n2c3ccccc3c3c4oc5ccccc5c4ccc32)c1C#N. The molecule has 12 rings (SSSR count). The zero-order chi connectivity index (χ0) is 40.2. The second-order valence-corrected chi connectivity index (χ2v) is 14.8. The van der Waals surface area contributed by atoms with E-state index in [9.17, 15) is 21.0 Å². The van der Waals surface area contributed by atoms with Gasteiger partial charge in [0.15, 0.2) is 0 Å². The summed E-state index contributed by atoms with van der Waals surface area (Å²) in [5.74, 6) is 0. The molecule has 0 saturated carbocycles. The molecule has 8 aromatic carbocycles. The average molecular weight is 765 g/mol. The van der Waals surface area contributed by atoms with Crippen LogP contribution in [0, 0.1) is 45.3 Å². The van der Waals surface area contributed by atoms with Crippen molar-refractivity contribution in [1.29, 1.82) is 21.0 Å². The monoisotopic (exact) mass is 764 g/mol. The molecule has 0 bridgehead atoms. The number of rotatable bonds is 3. The quantitative estimate of drug-likeness (QED) is 0.176. The topological polar surface area (TPSA) is 131 Å². The molecule has 4 aromatic heterocycles. The van der Waals surface area contributed by atoms with E-state index in [0.29, 0.717) is 28.1 Å². The van der Waals surface area contributed by atoms with Gasteiger partial charge in [0, 0.05) is 43.4 Å². The molecular formula is C52H24N6O2. The van der Waals surface area contributed by atoms with E-state index in [1.807, 2.05) is 143 Å². The van der Waals surface area contributed by atoms with Gasteiger partial charge in [-0.1, -0.05) is 84.9 Å². The number of hydrogen-bond donors (Lipinski definition) is 0. The maximum atomic E-state index is 11.1. The van der Waals surface area contributed by atoms with Gasteiger partial charge in [0.25, 0.3) is 0 Å². The molecule has 4 heterocycles. The first-order chi connectivity index (χ1) is 29.6. The van der Waals surface area contributed by atoms with E-state index in [-0.39, 0.29) is 22.3 Å². The lowest BCUT2D eigenvalue weighted by Crippen LogP contribution is -2.06. The number of furan rings is 2. The Labute approximate surface area is 340 Å². The standard InChI is InChI=1S/C52H24N6O2/c53-25-29-17-18-33(50(38(29)26-54)58-42-14-6-2-12-37(42)49-45(58)24-21-35-32-10-4-8-16-47(32)60-52(35)49)30-19-22-43(40(28-56)39(30)27-55)57-41-13-5-1-11-36(41)48-44(57)23-20-34-31-9-3-7-15-46(31)59-51(34)48/h1-24H. The predicted octanol–water partition coefficient (Wildman–Crippen LogP) is 12.8. The third-order valence-electron chi connectivity index (χ3n) is 11.9. The first-order valence-corrected chi connectivity index (χ1v) is 19.3. The van der Waals surface area contributed by atoms with Crippen LogP contribution in [0.25, 0.3) is 110 Å². The highest BCUT2D eigenvalue weighted by Gasteiger charge is 2.27. The molecule has 0 unspecified atom stereocenters. The van der Waals surface area contributed by atoms with Crippen molar-refractivity contribution in [1.82, 2.24) is 9.13 Å². The molecule has 0 N–H and O–H groups in total. The summed E-state index contributed by atoms with van der Waals surface area (Å²) in [6, 6.07) is 56.3. The van der Waals surface area contributed by atoms with Gasteiger partial charge in [0.1, 0.15) is 46.6 Å². The summed E-state index contributed by atoms with van der Waals surface area (Å²) in [5.41, 5.74) is 8.77. The number of nitrogens with zero attached hydrogens (tertiary/aromatic N) is 6. The summed E-state index contributed by atoms with van der Waals surface area (Å²) >= 11 is 0. The van der Waals surface area contributed by atoms with E-state index < -0.39 is 0 Å². The molecule has 0 radical (unpaired) electrons. The Morgan fingerprint density at radius 3 is 1.43 bits per heavy atom. The highest BCUT2D eigenvalue weighted by molar-refractivity contribution is 6.25. The zero-order valence-corrected chi connectivity index (χ0v) is 31.4. The van der Waals surface area contributed by atoms with Gasteiger partial charge in [-0.25, -0.2) is 0 Å². The number of hydrogen-bond acceptors (Lipinski definition) is 6. The molecular weight excluding hydrogens is 741 g/mol. The minimum Gasteiger partial charge on any atom is -0.455 e. The lowest BCUT2D eigenvalue weighted by Gasteiger charge is -2.19. The largest absolute Gasteiger partial charge is 0.455 e. The molecule has 0 aliphatic heterocycles. The number of fused-ring (bicyclic) bond motifs is 14. The van der Waals surface area contributed by atoms with Crippen LogP contribution >= 0.6 is 0 Å². The molecule has 0 spiro atoms. The van der Waals surface area contributed by atoms with E-state index in [1.165, 1.54) is 0 Å². The van der Waals surface area contributed by atoms with Crippen molar-refractivity contribution in [3.63, 3.8) is 0 Å². The van der Waals surface area contributed by atoms with Gasteiger partial charge in [0.2, 0.25) is 0 Å². The molecule has 60 heavy (non-hydrogen) atoms. The van der Waals surface area contributed by atoms with Crippen LogP contribution in [0.3, 0.4) is 0 Å². The van der Waals surface area contributed by atoms with Crippen molar-refractivity contribution >= 4 is 87.5 Å². The summed E-state index contributed by atoms with van der Waals surface area (Å²) in [6.45, 7) is 0. The lowest BCUT2D eigenvalue weighted by atomic mass is 9.91. The average Bonchev–Trinajstić information content (AvgIpc) is 4.05. The first-order valence-electron chi connectivity index (χ1n) is 19.3. The Balaban J connectivity index is 1.16. The normalized spacial score (nSPS) is 11.6. The first kappa shape index (κ1) is 33.1. The van der Waals surface area contributed by atoms with Crippen LogP contribution in [0.1, 0.15) is 22.3 Å². The molecule has 0 aliphatic rings. The van der Waals surface area contributed by atoms with Gasteiger partial charge < -0.3 is 18.0 Å². The van der Waals surface area contributed by atoms with Gasteiger partial charge in [-0.2, -0.15) is 21.0 Å². The van der Waals surface area contributed by atoms with Gasteiger partial charge in [-0.3, -0.25) is 0 Å². The van der Waals surface area contributed by atoms with E-state index in [2.05, 4.69) is 24.3 Å². The van der Waals surface area contributed by atoms with Crippen LogP contribution in [0.15, 0.2) is 154 Å². The summed E-state index contributed by atoms with van der Waals surface area (Å²) in [5, 5.41) is 50.9. The summed E-state index contributed by atoms with van der Waals surface area (Å²) in [6.07, 6.45) is 0. The number of nitriles is 4. The van der Waals surface area contributed by atoms with Crippen LogP contribution < -0.4 is 0 Å². The molecule has 0 saturated heterocycles. The highest BCUT2D eigenvalue weighted by atomic mass is 16.3. The Hall–Kier alpha value is -9.08. The van der Waals surface area contributed by atoms with E-state index in [0.717, 1.165) is 81.9 Å². The minimum atomic E-state index is 0.140. The van der Waals surface area contributed by atoms with Gasteiger partial charge >= 0.3 is 0 Å². The van der Waals surface area contributed by atoms with Crippen molar-refractivity contribution in [3.8, 4) is 46.8 Å². The van der Waals surface area contributed by atoms with Crippen molar-refractivity contribution in [2.75, 3.05) is 0 Å². The van der Waals surface area contributed by atoms with E-state index in [4.69, 9.17) is 8.83 Å². The number of aromatic nitrogens is 2. The fourth-order valence-electron chi connectivity index (χ4n) is 9.45. The summed E-state index contributed by atoms with van der Waals surface area (Å²) < 4.78 is 17.0. The fraction of sp³-hybridized carbons (Fsp3) is 0. The second-order valence-electron chi connectivity index (χ2n) is 14.8. The minimum absolute atomic E-state index is 0.140. The van der Waals surface area contributed by atoms with Crippen molar-refractivity contribution in [2.24, 2.45) is 0 Å². The third-order valence-corrected chi connectivity index (χ3v) is 11.9. The number of benzene rings is 8. The molecule has 0 atom stereocenters. The van der Waals surface area contributed by atoms with Gasteiger partial charge in [-0.05, 0) is 60.7 Å². The van der Waals surface area contributed by atoms with Crippen molar-refractivity contribution in [2.45, 2.75) is 0 Å². The molecule has 0 aliphatic carbocycles. The zero-order valence-electron chi connectivity index (χ0n) is 31.4. The lowest BCUT2D eigenvalue weighted by molar-refractivity contribution is 0.672. The molecule has 274 valence electrons. The van der Waals surface area contributed by atoms with Crippen molar-refractivity contribution < 1.29 is 8.83 Å². The third kappa shape index (κ3) is 4.23. The maximum Gasteiger partial charge on any atom is 0.145 e. The van der Waals surface area contributed by atoms with Crippen LogP contribution in [0.5, 0.6) is 0 Å². The Morgan fingerprint density at radius 1 is 0.367 bits per heavy atom. The number of para-hydroxylation sites is 4. The van der Waals surface area contributed by atoms with Crippen LogP contribution in [-0.2, 0) is 0 Å². The summed E-state index contributed by atoms with van der Waals surface area (Å²) in [4.78, 5) is 0. The molecule has 8 heteroatoms. The van der Waals surface area contributed by atoms with Crippen LogP contribution in [-0.4, -0.2) is 9.13 Å². The molecule has 0 fully saturated rings. The Kier molecular flexibility index (Phi) is 6.73. The van der Waals surface area contributed by atoms with Crippen LogP contribution in [0.2, 0.25) is 0 Å². The molecule has 12 aromatic rings. The van der Waals surface area contributed by atoms with Gasteiger partial charge in [-0.15, -0.1) is 0 Å². The van der Waals surface area contributed by atoms with Crippen LogP contribution in [0.4, 0.5) is 0 Å². The second kappa shape index (κ2) is 12.2. The van der Waals surface area contributed by atoms with Gasteiger partial charge in [0.05, 0.1) is 66.5 Å². The smallest absolute Gasteiger partial charge is 0.145 e. The molecule has 0 amide bonds. The predicted molar refractivity (Wildman–Crippen MR) is 234 cm³/mol. The van der Waals surface area contributed by atoms with Crippen molar-refractivity contribution in [3.05, 3.63) is 168 Å². The van der Waals surface area contributed by atoms with E-state index >= 15 is 0 Å². The summed E-state index contributed by atoms with van der Waals surface area (Å²) in [7, 11) is 0. The maximum absolute atomic E-state index is 11.1. The fourth-order valence-corrected chi connectivity index (χ4v) is 9.45. The molecule has 8 nitrogen and oxygen atoms in total. The van der Waals surface area contributed by atoms with E-state index in [1.54, 1.807) is 12.1 Å². The highest BCUT2D eigenvalue weighted by Crippen LogP contribution is 2.46. The Bertz CT molecular complexity index is 4070.